The van der Waals surface area contributed by atoms with Crippen molar-refractivity contribution in [3.8, 4) is 0 Å². The molecular weight excluding hydrogens is 300 g/mol. The van der Waals surface area contributed by atoms with Crippen LogP contribution >= 0.6 is 23.8 Å². The molecule has 1 aromatic carbocycles. The van der Waals surface area contributed by atoms with E-state index >= 15 is 0 Å². The maximum atomic E-state index is 6.07. The monoisotopic (exact) mass is 318 g/mol. The second-order valence-corrected chi connectivity index (χ2v) is 6.48. The molecule has 0 aromatic heterocycles. The van der Waals surface area contributed by atoms with Gasteiger partial charge in [0.2, 0.25) is 0 Å². The summed E-state index contributed by atoms with van der Waals surface area (Å²) in [5.41, 5.74) is 1.38. The van der Waals surface area contributed by atoms with E-state index < -0.39 is 0 Å². The number of thiocarbonyl (C=S) groups is 1. The number of fused-ring (bicyclic) bond motifs is 1. The summed E-state index contributed by atoms with van der Waals surface area (Å²) in [7, 11) is 0. The minimum absolute atomic E-state index is 0.203. The lowest BCUT2D eigenvalue weighted by atomic mass is 10.00. The van der Waals surface area contributed by atoms with Gasteiger partial charge in [-0.3, -0.25) is 0 Å². The smallest absolute Gasteiger partial charge is 0.170 e. The average molecular weight is 319 g/mol. The molecular formula is C17H19ClN2S. The third-order valence-electron chi connectivity index (χ3n) is 4.17. The molecule has 21 heavy (non-hydrogen) atoms. The summed E-state index contributed by atoms with van der Waals surface area (Å²) in [6, 6.07) is 11.5. The van der Waals surface area contributed by atoms with E-state index in [4.69, 9.17) is 23.8 Å². The Morgan fingerprint density at radius 2 is 2.10 bits per heavy atom. The second-order valence-electron chi connectivity index (χ2n) is 5.66. The SMILES string of the molecule is C[C@@H](CCc1ccccc1)N1C(=S)N[C@H]2C=C(Cl)C=C[C@@H]21. The number of hydrogen-bond acceptors (Lipinski definition) is 1. The quantitative estimate of drug-likeness (QED) is 0.854. The molecule has 0 bridgehead atoms. The molecule has 1 saturated heterocycles. The molecule has 0 amide bonds. The lowest BCUT2D eigenvalue weighted by Gasteiger charge is -2.31. The maximum Gasteiger partial charge on any atom is 0.170 e. The molecule has 0 saturated carbocycles. The van der Waals surface area contributed by atoms with E-state index in [1.54, 1.807) is 0 Å². The molecule has 1 heterocycles. The Morgan fingerprint density at radius 1 is 1.33 bits per heavy atom. The summed E-state index contributed by atoms with van der Waals surface area (Å²) < 4.78 is 0. The van der Waals surface area contributed by atoms with Crippen molar-refractivity contribution in [2.24, 2.45) is 0 Å². The third-order valence-corrected chi connectivity index (χ3v) is 4.75. The van der Waals surface area contributed by atoms with Crippen LogP contribution in [-0.4, -0.2) is 28.1 Å². The zero-order valence-electron chi connectivity index (χ0n) is 12.0. The van der Waals surface area contributed by atoms with Crippen LogP contribution in [0.15, 0.2) is 53.6 Å². The Labute approximate surface area is 136 Å². The minimum Gasteiger partial charge on any atom is -0.354 e. The first-order valence-electron chi connectivity index (χ1n) is 7.33. The van der Waals surface area contributed by atoms with Crippen LogP contribution in [0.4, 0.5) is 0 Å². The lowest BCUT2D eigenvalue weighted by Crippen LogP contribution is -2.42. The van der Waals surface area contributed by atoms with Gasteiger partial charge < -0.3 is 10.2 Å². The van der Waals surface area contributed by atoms with Crippen LogP contribution in [0.3, 0.4) is 0 Å². The van der Waals surface area contributed by atoms with Crippen molar-refractivity contribution in [1.82, 2.24) is 10.2 Å². The fourth-order valence-electron chi connectivity index (χ4n) is 3.03. The largest absolute Gasteiger partial charge is 0.354 e. The minimum atomic E-state index is 0.203. The number of rotatable bonds is 4. The van der Waals surface area contributed by atoms with Gasteiger partial charge in [0.25, 0.3) is 0 Å². The molecule has 1 fully saturated rings. The van der Waals surface area contributed by atoms with Crippen LogP contribution in [0.1, 0.15) is 18.9 Å². The molecule has 4 heteroatoms. The predicted octanol–water partition coefficient (Wildman–Crippen LogP) is 3.63. The standard InChI is InChI=1S/C17H19ClN2S/c1-12(7-8-13-5-3-2-4-6-13)20-16-10-9-14(18)11-15(16)19-17(20)21/h2-6,9-12,15-16H,7-8H2,1H3,(H,19,21)/t12-,15-,16-/m0/s1. The molecule has 2 nitrogen and oxygen atoms in total. The summed E-state index contributed by atoms with van der Waals surface area (Å²) in [6.45, 7) is 2.24. The Morgan fingerprint density at radius 3 is 2.86 bits per heavy atom. The first kappa shape index (κ1) is 14.6. The molecule has 3 rings (SSSR count). The van der Waals surface area contributed by atoms with Crippen LogP contribution < -0.4 is 5.32 Å². The van der Waals surface area contributed by atoms with Gasteiger partial charge in [-0.05, 0) is 49.7 Å². The van der Waals surface area contributed by atoms with Gasteiger partial charge in [0.15, 0.2) is 5.11 Å². The number of hydrogen-bond donors (Lipinski definition) is 1. The summed E-state index contributed by atoms with van der Waals surface area (Å²) in [5, 5.41) is 4.97. The Balaban J connectivity index is 1.66. The van der Waals surface area contributed by atoms with Crippen LogP contribution in [0, 0.1) is 0 Å². The zero-order valence-corrected chi connectivity index (χ0v) is 13.6. The second kappa shape index (κ2) is 6.20. The number of aryl methyl sites for hydroxylation is 1. The van der Waals surface area contributed by atoms with Crippen molar-refractivity contribution < 1.29 is 0 Å². The van der Waals surface area contributed by atoms with E-state index in [-0.39, 0.29) is 12.1 Å². The van der Waals surface area contributed by atoms with Gasteiger partial charge in [0.1, 0.15) is 0 Å². The van der Waals surface area contributed by atoms with Crippen LogP contribution in [-0.2, 0) is 6.42 Å². The molecule has 0 radical (unpaired) electrons. The molecule has 1 aliphatic carbocycles. The van der Waals surface area contributed by atoms with E-state index in [1.165, 1.54) is 5.56 Å². The Kier molecular flexibility index (Phi) is 4.32. The number of nitrogens with zero attached hydrogens (tertiary/aromatic N) is 1. The molecule has 2 aliphatic rings. The molecule has 1 N–H and O–H groups in total. The zero-order chi connectivity index (χ0) is 14.8. The van der Waals surface area contributed by atoms with E-state index in [1.807, 2.05) is 12.2 Å². The molecule has 1 aromatic rings. The predicted molar refractivity (Wildman–Crippen MR) is 92.4 cm³/mol. The van der Waals surface area contributed by atoms with Gasteiger partial charge in [-0.25, -0.2) is 0 Å². The number of halogens is 1. The average Bonchev–Trinajstić information content (AvgIpc) is 2.81. The molecule has 110 valence electrons. The highest BCUT2D eigenvalue weighted by molar-refractivity contribution is 7.80. The number of nitrogens with one attached hydrogen (secondary N) is 1. The number of allylic oxidation sites excluding steroid dienone is 2. The van der Waals surface area contributed by atoms with Crippen molar-refractivity contribution in [2.45, 2.75) is 37.9 Å². The van der Waals surface area contributed by atoms with Gasteiger partial charge in [0.05, 0.1) is 12.1 Å². The highest BCUT2D eigenvalue weighted by Crippen LogP contribution is 2.27. The fraction of sp³-hybridized carbons (Fsp3) is 0.353. The topological polar surface area (TPSA) is 15.3 Å². The highest BCUT2D eigenvalue weighted by Gasteiger charge is 2.37. The summed E-state index contributed by atoms with van der Waals surface area (Å²) in [4.78, 5) is 2.30. The first-order valence-corrected chi connectivity index (χ1v) is 8.12. The Hall–Kier alpha value is -1.32. The molecule has 1 aliphatic heterocycles. The third kappa shape index (κ3) is 3.14. The van der Waals surface area contributed by atoms with E-state index in [0.717, 1.165) is 23.0 Å². The van der Waals surface area contributed by atoms with Crippen molar-refractivity contribution in [3.05, 3.63) is 59.2 Å². The van der Waals surface area contributed by atoms with E-state index in [2.05, 4.69) is 53.5 Å². The van der Waals surface area contributed by atoms with Gasteiger partial charge in [-0.2, -0.15) is 0 Å². The Bertz CT molecular complexity index is 582. The van der Waals surface area contributed by atoms with Gasteiger partial charge in [0, 0.05) is 11.1 Å². The highest BCUT2D eigenvalue weighted by atomic mass is 35.5. The van der Waals surface area contributed by atoms with Gasteiger partial charge in [-0.15, -0.1) is 0 Å². The summed E-state index contributed by atoms with van der Waals surface area (Å²) >= 11 is 11.6. The summed E-state index contributed by atoms with van der Waals surface area (Å²) in [6.07, 6.45) is 8.31. The van der Waals surface area contributed by atoms with Crippen LogP contribution in [0.5, 0.6) is 0 Å². The van der Waals surface area contributed by atoms with Gasteiger partial charge >= 0.3 is 0 Å². The lowest BCUT2D eigenvalue weighted by molar-refractivity contribution is 0.290. The number of benzene rings is 1. The fourth-order valence-corrected chi connectivity index (χ4v) is 3.68. The first-order chi connectivity index (χ1) is 10.1. The molecule has 0 unspecified atom stereocenters. The maximum absolute atomic E-state index is 6.07. The van der Waals surface area contributed by atoms with E-state index in [0.29, 0.717) is 6.04 Å². The van der Waals surface area contributed by atoms with Crippen molar-refractivity contribution in [1.29, 1.82) is 0 Å². The van der Waals surface area contributed by atoms with Crippen molar-refractivity contribution >= 4 is 28.9 Å². The molecule has 0 spiro atoms. The van der Waals surface area contributed by atoms with Crippen LogP contribution in [0.2, 0.25) is 0 Å². The van der Waals surface area contributed by atoms with E-state index in [9.17, 15) is 0 Å². The molecule has 3 atom stereocenters. The van der Waals surface area contributed by atoms with Gasteiger partial charge in [-0.1, -0.05) is 48.0 Å². The summed E-state index contributed by atoms with van der Waals surface area (Å²) in [5.74, 6) is 0. The normalized spacial score (nSPS) is 25.3. The van der Waals surface area contributed by atoms with Crippen molar-refractivity contribution in [3.63, 3.8) is 0 Å². The van der Waals surface area contributed by atoms with Crippen molar-refractivity contribution in [2.75, 3.05) is 0 Å². The van der Waals surface area contributed by atoms with Crippen LogP contribution in [0.25, 0.3) is 0 Å².